The van der Waals surface area contributed by atoms with Gasteiger partial charge in [-0.1, -0.05) is 18.2 Å². The Balaban J connectivity index is 2.37. The molecule has 2 aromatic carbocycles. The van der Waals surface area contributed by atoms with Crippen LogP contribution in [0.25, 0.3) is 0 Å². The second-order valence-corrected chi connectivity index (χ2v) is 6.00. The highest BCUT2D eigenvalue weighted by Crippen LogP contribution is 2.37. The average Bonchev–Trinajstić information content (AvgIpc) is 2.61. The Hall–Kier alpha value is -2.20. The second kappa shape index (κ2) is 8.06. The van der Waals surface area contributed by atoms with Crippen molar-refractivity contribution in [1.29, 1.82) is 0 Å². The van der Waals surface area contributed by atoms with Crippen LogP contribution in [-0.2, 0) is 6.42 Å². The maximum absolute atomic E-state index is 6.06. The summed E-state index contributed by atoms with van der Waals surface area (Å²) in [6.45, 7) is 4.82. The number of nitrogens with two attached hydrogens (primary N) is 1. The van der Waals surface area contributed by atoms with Crippen LogP contribution in [0.5, 0.6) is 17.2 Å². The molecule has 2 N–H and O–H groups in total. The molecule has 0 heterocycles. The molecule has 0 aliphatic rings. The zero-order valence-corrected chi connectivity index (χ0v) is 15.2. The zero-order valence-electron chi connectivity index (χ0n) is 15.2. The van der Waals surface area contributed by atoms with Gasteiger partial charge in [0.25, 0.3) is 0 Å². The van der Waals surface area contributed by atoms with Gasteiger partial charge in [0.05, 0.1) is 21.3 Å². The summed E-state index contributed by atoms with van der Waals surface area (Å²) in [6.07, 6.45) is 0.780. The molecule has 4 nitrogen and oxygen atoms in total. The highest BCUT2D eigenvalue weighted by molar-refractivity contribution is 5.51. The topological polar surface area (TPSA) is 53.7 Å². The van der Waals surface area contributed by atoms with Crippen LogP contribution >= 0.6 is 0 Å². The molecule has 1 atom stereocenters. The standard InChI is InChI=1S/C20H27NO3/c1-13-6-7-15(8-14(13)2)17(12-21)9-16-10-19(23-4)20(24-5)11-18(16)22-3/h6-8,10-11,17H,9,12,21H2,1-5H3. The Morgan fingerprint density at radius 3 is 2.00 bits per heavy atom. The van der Waals surface area contributed by atoms with Gasteiger partial charge >= 0.3 is 0 Å². The van der Waals surface area contributed by atoms with E-state index in [1.54, 1.807) is 21.3 Å². The van der Waals surface area contributed by atoms with Gasteiger partial charge in [-0.25, -0.2) is 0 Å². The molecule has 0 aliphatic heterocycles. The summed E-state index contributed by atoms with van der Waals surface area (Å²) < 4.78 is 16.3. The van der Waals surface area contributed by atoms with Crippen LogP contribution in [0.2, 0.25) is 0 Å². The van der Waals surface area contributed by atoms with Gasteiger partial charge in [-0.05, 0) is 55.1 Å². The predicted octanol–water partition coefficient (Wildman–Crippen LogP) is 3.61. The van der Waals surface area contributed by atoms with Crippen molar-refractivity contribution in [3.05, 3.63) is 52.6 Å². The lowest BCUT2D eigenvalue weighted by Gasteiger charge is -2.20. The molecule has 0 fully saturated rings. The van der Waals surface area contributed by atoms with Gasteiger partial charge < -0.3 is 19.9 Å². The van der Waals surface area contributed by atoms with Crippen molar-refractivity contribution < 1.29 is 14.2 Å². The van der Waals surface area contributed by atoms with E-state index in [9.17, 15) is 0 Å². The molecular formula is C20H27NO3. The van der Waals surface area contributed by atoms with Crippen molar-refractivity contribution >= 4 is 0 Å². The van der Waals surface area contributed by atoms with E-state index in [0.717, 1.165) is 17.7 Å². The van der Waals surface area contributed by atoms with Crippen molar-refractivity contribution in [2.75, 3.05) is 27.9 Å². The minimum absolute atomic E-state index is 0.219. The van der Waals surface area contributed by atoms with E-state index in [1.165, 1.54) is 16.7 Å². The van der Waals surface area contributed by atoms with Gasteiger partial charge in [0.1, 0.15) is 5.75 Å². The Morgan fingerprint density at radius 2 is 1.46 bits per heavy atom. The van der Waals surface area contributed by atoms with Gasteiger partial charge in [-0.3, -0.25) is 0 Å². The number of rotatable bonds is 7. The summed E-state index contributed by atoms with van der Waals surface area (Å²) in [5.41, 5.74) is 10.9. The van der Waals surface area contributed by atoms with Crippen LogP contribution in [0, 0.1) is 13.8 Å². The van der Waals surface area contributed by atoms with Gasteiger partial charge in [0.15, 0.2) is 11.5 Å². The van der Waals surface area contributed by atoms with Crippen LogP contribution in [0.3, 0.4) is 0 Å². The summed E-state index contributed by atoms with van der Waals surface area (Å²) in [5.74, 6) is 2.36. The van der Waals surface area contributed by atoms with Crippen molar-refractivity contribution in [1.82, 2.24) is 0 Å². The third kappa shape index (κ3) is 3.82. The molecule has 130 valence electrons. The highest BCUT2D eigenvalue weighted by Gasteiger charge is 2.17. The molecule has 2 rings (SSSR count). The number of ether oxygens (including phenoxy) is 3. The fourth-order valence-corrected chi connectivity index (χ4v) is 2.87. The fourth-order valence-electron chi connectivity index (χ4n) is 2.87. The van der Waals surface area contributed by atoms with Crippen LogP contribution < -0.4 is 19.9 Å². The molecular weight excluding hydrogens is 302 g/mol. The smallest absolute Gasteiger partial charge is 0.164 e. The number of aryl methyl sites for hydroxylation is 2. The lowest BCUT2D eigenvalue weighted by atomic mass is 9.89. The number of hydrogen-bond acceptors (Lipinski definition) is 4. The van der Waals surface area contributed by atoms with Crippen LogP contribution in [0.4, 0.5) is 0 Å². The Labute approximate surface area is 144 Å². The maximum atomic E-state index is 6.06. The van der Waals surface area contributed by atoms with Gasteiger partial charge in [0.2, 0.25) is 0 Å². The van der Waals surface area contributed by atoms with Crippen LogP contribution in [0.15, 0.2) is 30.3 Å². The first kappa shape index (κ1) is 18.1. The summed E-state index contributed by atoms with van der Waals surface area (Å²) in [7, 11) is 4.92. The molecule has 0 radical (unpaired) electrons. The molecule has 0 spiro atoms. The van der Waals surface area contributed by atoms with E-state index < -0.39 is 0 Å². The van der Waals surface area contributed by atoms with Crippen LogP contribution in [-0.4, -0.2) is 27.9 Å². The lowest BCUT2D eigenvalue weighted by molar-refractivity contribution is 0.347. The molecule has 1 unspecified atom stereocenters. The fraction of sp³-hybridized carbons (Fsp3) is 0.400. The minimum Gasteiger partial charge on any atom is -0.496 e. The van der Waals surface area contributed by atoms with Gasteiger partial charge in [-0.2, -0.15) is 0 Å². The molecule has 24 heavy (non-hydrogen) atoms. The molecule has 0 saturated carbocycles. The number of benzene rings is 2. The third-order valence-corrected chi connectivity index (χ3v) is 4.54. The Kier molecular flexibility index (Phi) is 6.10. The van der Waals surface area contributed by atoms with Crippen molar-refractivity contribution in [3.8, 4) is 17.2 Å². The molecule has 4 heteroatoms. The first-order valence-corrected chi connectivity index (χ1v) is 8.10. The van der Waals surface area contributed by atoms with Gasteiger partial charge in [-0.15, -0.1) is 0 Å². The quantitative estimate of drug-likeness (QED) is 0.843. The number of hydrogen-bond donors (Lipinski definition) is 1. The summed E-state index contributed by atoms with van der Waals surface area (Å²) in [5, 5.41) is 0. The van der Waals surface area contributed by atoms with E-state index in [4.69, 9.17) is 19.9 Å². The second-order valence-electron chi connectivity index (χ2n) is 6.00. The lowest BCUT2D eigenvalue weighted by Crippen LogP contribution is -2.16. The van der Waals surface area contributed by atoms with E-state index in [0.29, 0.717) is 18.0 Å². The summed E-state index contributed by atoms with van der Waals surface area (Å²) in [6, 6.07) is 10.4. The van der Waals surface area contributed by atoms with Crippen LogP contribution in [0.1, 0.15) is 28.2 Å². The molecule has 0 bridgehead atoms. The summed E-state index contributed by atoms with van der Waals surface area (Å²) in [4.78, 5) is 0. The normalized spacial score (nSPS) is 11.9. The third-order valence-electron chi connectivity index (χ3n) is 4.54. The Bertz CT molecular complexity index is 698. The van der Waals surface area contributed by atoms with Crippen molar-refractivity contribution in [3.63, 3.8) is 0 Å². The van der Waals surface area contributed by atoms with Crippen molar-refractivity contribution in [2.24, 2.45) is 5.73 Å². The highest BCUT2D eigenvalue weighted by atomic mass is 16.5. The van der Waals surface area contributed by atoms with E-state index in [-0.39, 0.29) is 5.92 Å². The first-order chi connectivity index (χ1) is 11.5. The molecule has 0 amide bonds. The first-order valence-electron chi connectivity index (χ1n) is 8.10. The maximum Gasteiger partial charge on any atom is 0.164 e. The minimum atomic E-state index is 0.219. The number of methoxy groups -OCH3 is 3. The Morgan fingerprint density at radius 1 is 0.833 bits per heavy atom. The molecule has 0 saturated heterocycles. The van der Waals surface area contributed by atoms with E-state index >= 15 is 0 Å². The monoisotopic (exact) mass is 329 g/mol. The van der Waals surface area contributed by atoms with Gasteiger partial charge in [0, 0.05) is 12.0 Å². The predicted molar refractivity (Wildman–Crippen MR) is 97.5 cm³/mol. The SMILES string of the molecule is COc1cc(OC)c(OC)cc1CC(CN)c1ccc(C)c(C)c1. The van der Waals surface area contributed by atoms with Crippen molar-refractivity contribution in [2.45, 2.75) is 26.2 Å². The summed E-state index contributed by atoms with van der Waals surface area (Å²) >= 11 is 0. The molecule has 2 aromatic rings. The molecule has 0 aromatic heterocycles. The average molecular weight is 329 g/mol. The molecule has 0 aliphatic carbocycles. The van der Waals surface area contributed by atoms with E-state index in [1.807, 2.05) is 12.1 Å². The van der Waals surface area contributed by atoms with E-state index in [2.05, 4.69) is 32.0 Å². The largest absolute Gasteiger partial charge is 0.496 e. The zero-order chi connectivity index (χ0) is 17.7.